The van der Waals surface area contributed by atoms with Crippen LogP contribution in [0.5, 0.6) is 0 Å². The highest BCUT2D eigenvalue weighted by molar-refractivity contribution is 6.30. The number of ether oxygens (including phenoxy) is 2. The molecule has 2 rings (SSSR count). The van der Waals surface area contributed by atoms with E-state index in [1.807, 2.05) is 0 Å². The Balaban J connectivity index is 1.49. The van der Waals surface area contributed by atoms with E-state index in [1.165, 1.54) is 0 Å². The Kier molecular flexibility index (Phi) is 8.01. The maximum atomic E-state index is 11.8. The van der Waals surface area contributed by atoms with Crippen LogP contribution in [0.25, 0.3) is 0 Å². The second-order valence-electron chi connectivity index (χ2n) is 5.57. The molecule has 0 aromatic heterocycles. The second kappa shape index (κ2) is 10.3. The molecule has 1 unspecified atom stereocenters. The van der Waals surface area contributed by atoms with Crippen LogP contribution in [0.3, 0.4) is 0 Å². The maximum Gasteiger partial charge on any atom is 0.251 e. The monoisotopic (exact) mass is 354 g/mol. The largest absolute Gasteiger partial charge is 0.378 e. The Labute approximate surface area is 146 Å². The van der Waals surface area contributed by atoms with Gasteiger partial charge in [0.2, 0.25) is 5.91 Å². The van der Waals surface area contributed by atoms with Crippen LogP contribution >= 0.6 is 11.6 Å². The summed E-state index contributed by atoms with van der Waals surface area (Å²) >= 11 is 5.77. The third-order valence-corrected chi connectivity index (χ3v) is 3.89. The molecule has 7 heteroatoms. The van der Waals surface area contributed by atoms with Crippen LogP contribution in [0.15, 0.2) is 24.3 Å². The van der Waals surface area contributed by atoms with E-state index in [4.69, 9.17) is 21.1 Å². The summed E-state index contributed by atoms with van der Waals surface area (Å²) in [6, 6.07) is 6.63. The highest BCUT2D eigenvalue weighted by Gasteiger charge is 2.15. The average Bonchev–Trinajstić information content (AvgIpc) is 3.09. The fourth-order valence-corrected chi connectivity index (χ4v) is 2.45. The van der Waals surface area contributed by atoms with Crippen LogP contribution in [0, 0.1) is 0 Å². The lowest BCUT2D eigenvalue weighted by molar-refractivity contribution is -0.122. The first kappa shape index (κ1) is 18.7. The van der Waals surface area contributed by atoms with Gasteiger partial charge in [0.25, 0.3) is 5.91 Å². The standard InChI is InChI=1S/C17H23ClN2O4/c18-14-5-3-13(4-6-14)17(22)20-9-8-19-16(21)7-11-23-12-15-2-1-10-24-15/h3-6,15H,1-2,7-12H2,(H,19,21)(H,20,22). The van der Waals surface area contributed by atoms with E-state index < -0.39 is 0 Å². The van der Waals surface area contributed by atoms with Crippen molar-refractivity contribution in [2.75, 3.05) is 32.9 Å². The van der Waals surface area contributed by atoms with Crippen molar-refractivity contribution in [1.82, 2.24) is 10.6 Å². The number of nitrogens with one attached hydrogen (secondary N) is 2. The quantitative estimate of drug-likeness (QED) is 0.663. The summed E-state index contributed by atoms with van der Waals surface area (Å²) in [5.41, 5.74) is 0.535. The number of hydrogen-bond acceptors (Lipinski definition) is 4. The minimum absolute atomic E-state index is 0.0944. The first-order chi connectivity index (χ1) is 11.6. The first-order valence-corrected chi connectivity index (χ1v) is 8.53. The summed E-state index contributed by atoms with van der Waals surface area (Å²) in [5.74, 6) is -0.288. The Morgan fingerprint density at radius 1 is 1.21 bits per heavy atom. The van der Waals surface area contributed by atoms with Crippen molar-refractivity contribution in [3.05, 3.63) is 34.9 Å². The molecule has 1 aliphatic heterocycles. The predicted molar refractivity (Wildman–Crippen MR) is 91.2 cm³/mol. The summed E-state index contributed by atoms with van der Waals surface area (Å²) in [5, 5.41) is 6.06. The third kappa shape index (κ3) is 6.86. The van der Waals surface area contributed by atoms with Gasteiger partial charge >= 0.3 is 0 Å². The Hall–Kier alpha value is -1.63. The first-order valence-electron chi connectivity index (χ1n) is 8.15. The Morgan fingerprint density at radius 3 is 2.67 bits per heavy atom. The van der Waals surface area contributed by atoms with Crippen LogP contribution in [-0.2, 0) is 14.3 Å². The molecule has 6 nitrogen and oxygen atoms in total. The Morgan fingerprint density at radius 2 is 1.96 bits per heavy atom. The van der Waals surface area contributed by atoms with Crippen LogP contribution < -0.4 is 10.6 Å². The van der Waals surface area contributed by atoms with Gasteiger partial charge in [-0.3, -0.25) is 9.59 Å². The van der Waals surface area contributed by atoms with Crippen LogP contribution in [0.2, 0.25) is 5.02 Å². The van der Waals surface area contributed by atoms with Crippen molar-refractivity contribution >= 4 is 23.4 Å². The molecule has 1 saturated heterocycles. The topological polar surface area (TPSA) is 76.7 Å². The van der Waals surface area contributed by atoms with Crippen molar-refractivity contribution < 1.29 is 19.1 Å². The van der Waals surface area contributed by atoms with E-state index in [0.29, 0.717) is 43.3 Å². The van der Waals surface area contributed by atoms with Gasteiger partial charge in [-0.2, -0.15) is 0 Å². The number of amides is 2. The fraction of sp³-hybridized carbons (Fsp3) is 0.529. The van der Waals surface area contributed by atoms with Gasteiger partial charge in [-0.25, -0.2) is 0 Å². The van der Waals surface area contributed by atoms with Gasteiger partial charge in [-0.15, -0.1) is 0 Å². The van der Waals surface area contributed by atoms with Gasteiger partial charge < -0.3 is 20.1 Å². The molecular weight excluding hydrogens is 332 g/mol. The lowest BCUT2D eigenvalue weighted by Gasteiger charge is -2.10. The van der Waals surface area contributed by atoms with E-state index >= 15 is 0 Å². The van der Waals surface area contributed by atoms with E-state index in [2.05, 4.69) is 10.6 Å². The molecule has 1 fully saturated rings. The molecule has 1 atom stereocenters. The number of hydrogen-bond donors (Lipinski definition) is 2. The number of carbonyl (C=O) groups excluding carboxylic acids is 2. The number of benzene rings is 1. The number of rotatable bonds is 9. The average molecular weight is 355 g/mol. The molecule has 24 heavy (non-hydrogen) atoms. The van der Waals surface area contributed by atoms with E-state index in [-0.39, 0.29) is 17.9 Å². The minimum atomic E-state index is -0.194. The number of halogens is 1. The molecule has 0 radical (unpaired) electrons. The number of carbonyl (C=O) groups is 2. The highest BCUT2D eigenvalue weighted by atomic mass is 35.5. The summed E-state index contributed by atoms with van der Waals surface area (Å²) in [7, 11) is 0. The van der Waals surface area contributed by atoms with Gasteiger partial charge in [0.05, 0.1) is 19.3 Å². The zero-order valence-electron chi connectivity index (χ0n) is 13.6. The van der Waals surface area contributed by atoms with Gasteiger partial charge in [-0.1, -0.05) is 11.6 Å². The minimum Gasteiger partial charge on any atom is -0.378 e. The Bertz CT molecular complexity index is 530. The van der Waals surface area contributed by atoms with E-state index in [1.54, 1.807) is 24.3 Å². The van der Waals surface area contributed by atoms with Crippen molar-refractivity contribution in [3.63, 3.8) is 0 Å². The van der Waals surface area contributed by atoms with Gasteiger partial charge in [-0.05, 0) is 37.1 Å². The zero-order valence-corrected chi connectivity index (χ0v) is 14.3. The fourth-order valence-electron chi connectivity index (χ4n) is 2.33. The predicted octanol–water partition coefficient (Wildman–Crippen LogP) is 1.77. The van der Waals surface area contributed by atoms with Crippen LogP contribution in [-0.4, -0.2) is 50.8 Å². The normalized spacial score (nSPS) is 16.8. The van der Waals surface area contributed by atoms with Crippen LogP contribution in [0.1, 0.15) is 29.6 Å². The molecule has 0 saturated carbocycles. The lowest BCUT2D eigenvalue weighted by atomic mass is 10.2. The molecule has 1 aromatic carbocycles. The van der Waals surface area contributed by atoms with Crippen molar-refractivity contribution in [2.24, 2.45) is 0 Å². The van der Waals surface area contributed by atoms with E-state index in [9.17, 15) is 9.59 Å². The maximum absolute atomic E-state index is 11.8. The van der Waals surface area contributed by atoms with Gasteiger partial charge in [0.1, 0.15) is 0 Å². The molecule has 0 bridgehead atoms. The molecule has 0 spiro atoms. The molecule has 1 aliphatic rings. The second-order valence-corrected chi connectivity index (χ2v) is 6.01. The molecule has 2 N–H and O–H groups in total. The molecule has 0 aliphatic carbocycles. The molecule has 132 valence electrons. The smallest absolute Gasteiger partial charge is 0.251 e. The summed E-state index contributed by atoms with van der Waals surface area (Å²) in [6.45, 7) is 2.47. The third-order valence-electron chi connectivity index (χ3n) is 3.64. The van der Waals surface area contributed by atoms with E-state index in [0.717, 1.165) is 19.4 Å². The molecule has 2 amide bonds. The molecule has 1 heterocycles. The summed E-state index contributed by atoms with van der Waals surface area (Å²) in [4.78, 5) is 23.5. The van der Waals surface area contributed by atoms with Crippen molar-refractivity contribution in [2.45, 2.75) is 25.4 Å². The highest BCUT2D eigenvalue weighted by Crippen LogP contribution is 2.12. The van der Waals surface area contributed by atoms with Gasteiger partial charge in [0, 0.05) is 36.7 Å². The van der Waals surface area contributed by atoms with Crippen LogP contribution in [0.4, 0.5) is 0 Å². The lowest BCUT2D eigenvalue weighted by Crippen LogP contribution is -2.35. The van der Waals surface area contributed by atoms with Crippen molar-refractivity contribution in [1.29, 1.82) is 0 Å². The molecule has 1 aromatic rings. The summed E-state index contributed by atoms with van der Waals surface area (Å²) in [6.07, 6.45) is 2.59. The van der Waals surface area contributed by atoms with Gasteiger partial charge in [0.15, 0.2) is 0 Å². The SMILES string of the molecule is O=C(CCOCC1CCCO1)NCCNC(=O)c1ccc(Cl)cc1. The summed E-state index contributed by atoms with van der Waals surface area (Å²) < 4.78 is 10.9. The molecular formula is C17H23ClN2O4. The zero-order chi connectivity index (χ0) is 17.2. The van der Waals surface area contributed by atoms with Crippen molar-refractivity contribution in [3.8, 4) is 0 Å².